The van der Waals surface area contributed by atoms with E-state index >= 15 is 0 Å². The van der Waals surface area contributed by atoms with Crippen molar-refractivity contribution in [3.05, 3.63) is 28.7 Å². The molecule has 0 saturated heterocycles. The Morgan fingerprint density at radius 3 is 2.57 bits per heavy atom. The standard InChI is InChI=1S/C14H18F3N3O3/c15-14(16,17)8-20-7-1-2-11(12(20)22)19-13(23)18-9-3-5-10(21)6-4-9/h1-2,7,9-10,21H,3-6,8H2,(H2,18,19,23). The number of anilines is 1. The molecule has 0 atom stereocenters. The number of pyridine rings is 1. The minimum absolute atomic E-state index is 0.125. The summed E-state index contributed by atoms with van der Waals surface area (Å²) in [6.07, 6.45) is -1.48. The number of halogens is 3. The number of rotatable bonds is 3. The van der Waals surface area contributed by atoms with Gasteiger partial charge in [0.25, 0.3) is 5.56 Å². The predicted molar refractivity (Wildman–Crippen MR) is 77.2 cm³/mol. The Labute approximate surface area is 130 Å². The van der Waals surface area contributed by atoms with Crippen LogP contribution in [0.1, 0.15) is 25.7 Å². The van der Waals surface area contributed by atoms with E-state index in [2.05, 4.69) is 10.6 Å². The molecule has 23 heavy (non-hydrogen) atoms. The van der Waals surface area contributed by atoms with Gasteiger partial charge in [0.1, 0.15) is 12.2 Å². The first-order valence-corrected chi connectivity index (χ1v) is 7.26. The van der Waals surface area contributed by atoms with E-state index < -0.39 is 24.3 Å². The number of nitrogens with one attached hydrogen (secondary N) is 2. The van der Waals surface area contributed by atoms with Crippen molar-refractivity contribution in [3.63, 3.8) is 0 Å². The van der Waals surface area contributed by atoms with Crippen LogP contribution in [-0.2, 0) is 6.54 Å². The van der Waals surface area contributed by atoms with E-state index in [1.807, 2.05) is 0 Å². The van der Waals surface area contributed by atoms with E-state index in [1.54, 1.807) is 0 Å². The molecule has 0 spiro atoms. The Kier molecular flexibility index (Phi) is 5.30. The van der Waals surface area contributed by atoms with Crippen LogP contribution >= 0.6 is 0 Å². The highest BCUT2D eigenvalue weighted by atomic mass is 19.4. The summed E-state index contributed by atoms with van der Waals surface area (Å²) < 4.78 is 37.6. The normalized spacial score (nSPS) is 21.7. The molecule has 1 fully saturated rings. The van der Waals surface area contributed by atoms with Gasteiger partial charge < -0.3 is 20.3 Å². The second-order valence-corrected chi connectivity index (χ2v) is 5.57. The van der Waals surface area contributed by atoms with Crippen LogP contribution in [0, 0.1) is 0 Å². The summed E-state index contributed by atoms with van der Waals surface area (Å²) in [6, 6.07) is 1.74. The molecule has 1 saturated carbocycles. The third-order valence-electron chi connectivity index (χ3n) is 3.65. The van der Waals surface area contributed by atoms with E-state index in [9.17, 15) is 27.9 Å². The number of urea groups is 1. The minimum atomic E-state index is -4.52. The zero-order chi connectivity index (χ0) is 17.0. The molecule has 0 unspecified atom stereocenters. The number of hydrogen-bond donors (Lipinski definition) is 3. The van der Waals surface area contributed by atoms with E-state index in [-0.39, 0.29) is 17.8 Å². The fourth-order valence-electron chi connectivity index (χ4n) is 2.51. The van der Waals surface area contributed by atoms with E-state index in [0.717, 1.165) is 6.20 Å². The zero-order valence-corrected chi connectivity index (χ0v) is 12.3. The number of aliphatic hydroxyl groups is 1. The Morgan fingerprint density at radius 2 is 1.96 bits per heavy atom. The molecular formula is C14H18F3N3O3. The van der Waals surface area contributed by atoms with Crippen molar-refractivity contribution < 1.29 is 23.1 Å². The summed E-state index contributed by atoms with van der Waals surface area (Å²) in [5.41, 5.74) is -1.14. The van der Waals surface area contributed by atoms with Gasteiger partial charge in [-0.05, 0) is 37.8 Å². The molecule has 1 aliphatic carbocycles. The third-order valence-corrected chi connectivity index (χ3v) is 3.65. The van der Waals surface area contributed by atoms with Crippen molar-refractivity contribution in [2.45, 2.75) is 50.6 Å². The number of aromatic nitrogens is 1. The molecule has 1 aromatic heterocycles. The highest BCUT2D eigenvalue weighted by molar-refractivity contribution is 5.89. The SMILES string of the molecule is O=C(Nc1cccn(CC(F)(F)F)c1=O)NC1CCC(O)CC1. The quantitative estimate of drug-likeness (QED) is 0.789. The molecule has 0 aromatic carbocycles. The third kappa shape index (κ3) is 5.27. The van der Waals surface area contributed by atoms with Crippen molar-refractivity contribution in [2.24, 2.45) is 0 Å². The Bertz CT molecular complexity index is 607. The lowest BCUT2D eigenvalue weighted by molar-refractivity contribution is -0.141. The molecule has 0 bridgehead atoms. The summed E-state index contributed by atoms with van der Waals surface area (Å²) in [5.74, 6) is 0. The fraction of sp³-hybridized carbons (Fsp3) is 0.571. The summed E-state index contributed by atoms with van der Waals surface area (Å²) in [5, 5.41) is 14.3. The van der Waals surface area contributed by atoms with Gasteiger partial charge >= 0.3 is 12.2 Å². The lowest BCUT2D eigenvalue weighted by atomic mass is 9.93. The van der Waals surface area contributed by atoms with Crippen molar-refractivity contribution in [2.75, 3.05) is 5.32 Å². The average molecular weight is 333 g/mol. The summed E-state index contributed by atoms with van der Waals surface area (Å²) in [7, 11) is 0. The molecule has 1 aliphatic rings. The Balaban J connectivity index is 1.98. The predicted octanol–water partition coefficient (Wildman–Crippen LogP) is 1.84. The molecule has 3 N–H and O–H groups in total. The van der Waals surface area contributed by atoms with Crippen LogP contribution in [0.2, 0.25) is 0 Å². The lowest BCUT2D eigenvalue weighted by Crippen LogP contribution is -2.42. The maximum Gasteiger partial charge on any atom is 0.406 e. The first kappa shape index (κ1) is 17.3. The number of carbonyl (C=O) groups is 1. The smallest absolute Gasteiger partial charge is 0.393 e. The number of carbonyl (C=O) groups excluding carboxylic acids is 1. The van der Waals surface area contributed by atoms with Gasteiger partial charge in [0.15, 0.2) is 0 Å². The Morgan fingerprint density at radius 1 is 1.30 bits per heavy atom. The average Bonchev–Trinajstić information content (AvgIpc) is 2.44. The number of nitrogens with zero attached hydrogens (tertiary/aromatic N) is 1. The minimum Gasteiger partial charge on any atom is -0.393 e. The molecule has 6 nitrogen and oxygen atoms in total. The highest BCUT2D eigenvalue weighted by Gasteiger charge is 2.28. The van der Waals surface area contributed by atoms with Crippen LogP contribution in [-0.4, -0.2) is 34.0 Å². The maximum absolute atomic E-state index is 12.4. The van der Waals surface area contributed by atoms with Crippen molar-refractivity contribution in [3.8, 4) is 0 Å². The van der Waals surface area contributed by atoms with Gasteiger partial charge in [-0.1, -0.05) is 0 Å². The molecule has 0 aliphatic heterocycles. The molecule has 2 amide bonds. The van der Waals surface area contributed by atoms with Crippen LogP contribution in [0.15, 0.2) is 23.1 Å². The van der Waals surface area contributed by atoms with E-state index in [4.69, 9.17) is 0 Å². The molecule has 9 heteroatoms. The number of aliphatic hydroxyl groups excluding tert-OH is 1. The first-order chi connectivity index (χ1) is 10.7. The van der Waals surface area contributed by atoms with Crippen molar-refractivity contribution >= 4 is 11.7 Å². The van der Waals surface area contributed by atoms with Gasteiger partial charge in [0.2, 0.25) is 0 Å². The van der Waals surface area contributed by atoms with Gasteiger partial charge in [-0.25, -0.2) is 4.79 Å². The maximum atomic E-state index is 12.4. The molecule has 128 valence electrons. The number of amides is 2. The van der Waals surface area contributed by atoms with Gasteiger partial charge in [0, 0.05) is 12.2 Å². The highest BCUT2D eigenvalue weighted by Crippen LogP contribution is 2.18. The van der Waals surface area contributed by atoms with Gasteiger partial charge in [-0.3, -0.25) is 4.79 Å². The van der Waals surface area contributed by atoms with E-state index in [1.165, 1.54) is 12.1 Å². The van der Waals surface area contributed by atoms with Crippen LogP contribution < -0.4 is 16.2 Å². The van der Waals surface area contributed by atoms with Crippen LogP contribution in [0.5, 0.6) is 0 Å². The molecule has 0 radical (unpaired) electrons. The molecule has 1 heterocycles. The number of alkyl halides is 3. The van der Waals surface area contributed by atoms with Crippen molar-refractivity contribution in [1.82, 2.24) is 9.88 Å². The number of hydrogen-bond acceptors (Lipinski definition) is 3. The Hall–Kier alpha value is -2.03. The zero-order valence-electron chi connectivity index (χ0n) is 12.3. The van der Waals surface area contributed by atoms with E-state index in [0.29, 0.717) is 30.3 Å². The molecular weight excluding hydrogens is 315 g/mol. The summed E-state index contributed by atoms with van der Waals surface area (Å²) >= 11 is 0. The topological polar surface area (TPSA) is 83.4 Å². The molecule has 2 rings (SSSR count). The second-order valence-electron chi connectivity index (χ2n) is 5.57. The summed E-state index contributed by atoms with van der Waals surface area (Å²) in [6.45, 7) is -1.41. The monoisotopic (exact) mass is 333 g/mol. The van der Waals surface area contributed by atoms with Crippen LogP contribution in [0.3, 0.4) is 0 Å². The van der Waals surface area contributed by atoms with Crippen molar-refractivity contribution in [1.29, 1.82) is 0 Å². The lowest BCUT2D eigenvalue weighted by Gasteiger charge is -2.26. The van der Waals surface area contributed by atoms with Gasteiger partial charge in [-0.15, -0.1) is 0 Å². The van der Waals surface area contributed by atoms with Gasteiger partial charge in [0.05, 0.1) is 6.10 Å². The van der Waals surface area contributed by atoms with Crippen LogP contribution in [0.4, 0.5) is 23.7 Å². The van der Waals surface area contributed by atoms with Crippen LogP contribution in [0.25, 0.3) is 0 Å². The molecule has 1 aromatic rings. The fourth-order valence-corrected chi connectivity index (χ4v) is 2.51. The van der Waals surface area contributed by atoms with Gasteiger partial charge in [-0.2, -0.15) is 13.2 Å². The second kappa shape index (κ2) is 7.03. The summed E-state index contributed by atoms with van der Waals surface area (Å²) in [4.78, 5) is 23.8. The largest absolute Gasteiger partial charge is 0.406 e. The first-order valence-electron chi connectivity index (χ1n) is 7.26.